The first-order valence-corrected chi connectivity index (χ1v) is 14.9. The van der Waals surface area contributed by atoms with Gasteiger partial charge in [-0.3, -0.25) is 0 Å². The predicted molar refractivity (Wildman–Crippen MR) is 175 cm³/mol. The Morgan fingerprint density at radius 1 is 0.444 bits per heavy atom. The van der Waals surface area contributed by atoms with Crippen molar-refractivity contribution >= 4 is 50.2 Å². The SMILES string of the molecule is CCC(COC(=O)c1ccc2ccccc2c1)(COC(=O)c1ccc2ccccc2c1)COC(=O)c1ccc2ccccc2c1. The van der Waals surface area contributed by atoms with Gasteiger partial charge in [-0.15, -0.1) is 0 Å². The van der Waals surface area contributed by atoms with Gasteiger partial charge in [-0.05, 0) is 75.1 Å². The van der Waals surface area contributed by atoms with Crippen molar-refractivity contribution in [3.63, 3.8) is 0 Å². The lowest BCUT2D eigenvalue weighted by Crippen LogP contribution is -2.39. The molecule has 224 valence electrons. The van der Waals surface area contributed by atoms with Crippen LogP contribution in [0.3, 0.4) is 0 Å². The van der Waals surface area contributed by atoms with E-state index in [0.29, 0.717) is 23.1 Å². The van der Waals surface area contributed by atoms with E-state index in [-0.39, 0.29) is 19.8 Å². The topological polar surface area (TPSA) is 78.9 Å². The summed E-state index contributed by atoms with van der Waals surface area (Å²) in [5, 5.41) is 5.79. The van der Waals surface area contributed by atoms with Crippen LogP contribution in [0.4, 0.5) is 0 Å². The fourth-order valence-corrected chi connectivity index (χ4v) is 5.29. The Morgan fingerprint density at radius 2 is 0.733 bits per heavy atom. The Balaban J connectivity index is 1.20. The van der Waals surface area contributed by atoms with Crippen molar-refractivity contribution in [2.24, 2.45) is 5.41 Å². The van der Waals surface area contributed by atoms with Gasteiger partial charge in [0.25, 0.3) is 0 Å². The molecule has 6 heteroatoms. The van der Waals surface area contributed by atoms with Gasteiger partial charge in [0, 0.05) is 0 Å². The number of carbonyl (C=O) groups excluding carboxylic acids is 3. The van der Waals surface area contributed by atoms with Crippen LogP contribution >= 0.6 is 0 Å². The summed E-state index contributed by atoms with van der Waals surface area (Å²) in [6.45, 7) is 1.53. The Bertz CT molecular complexity index is 1800. The van der Waals surface area contributed by atoms with Gasteiger partial charge in [-0.1, -0.05) is 97.9 Å². The molecule has 6 rings (SSSR count). The standard InChI is InChI=1S/C39H32O6/c1-2-39(24-43-36(40)33-18-15-27-9-3-6-12-30(27)21-33,25-44-37(41)34-19-16-28-10-4-7-13-31(28)22-34)26-45-38(42)35-20-17-29-11-5-8-14-32(29)23-35/h3-23H,2,24-26H2,1H3. The maximum Gasteiger partial charge on any atom is 0.338 e. The highest BCUT2D eigenvalue weighted by atomic mass is 16.6. The van der Waals surface area contributed by atoms with Gasteiger partial charge < -0.3 is 14.2 Å². The lowest BCUT2D eigenvalue weighted by atomic mass is 9.88. The van der Waals surface area contributed by atoms with Gasteiger partial charge in [0.05, 0.1) is 22.1 Å². The second-order valence-corrected chi connectivity index (χ2v) is 11.3. The van der Waals surface area contributed by atoms with Crippen molar-refractivity contribution in [2.75, 3.05) is 19.8 Å². The fraction of sp³-hybridized carbons (Fsp3) is 0.154. The summed E-state index contributed by atoms with van der Waals surface area (Å²) >= 11 is 0. The normalized spacial score (nSPS) is 11.4. The molecule has 45 heavy (non-hydrogen) atoms. The van der Waals surface area contributed by atoms with E-state index < -0.39 is 23.3 Å². The number of benzene rings is 6. The van der Waals surface area contributed by atoms with E-state index >= 15 is 0 Å². The summed E-state index contributed by atoms with van der Waals surface area (Å²) in [7, 11) is 0. The van der Waals surface area contributed by atoms with E-state index in [1.165, 1.54) is 0 Å². The smallest absolute Gasteiger partial charge is 0.338 e. The lowest BCUT2D eigenvalue weighted by Gasteiger charge is -2.31. The molecule has 6 aromatic rings. The molecule has 0 saturated heterocycles. The van der Waals surface area contributed by atoms with Gasteiger partial charge in [0.2, 0.25) is 0 Å². The molecule has 0 saturated carbocycles. The maximum atomic E-state index is 13.2. The Hall–Kier alpha value is -5.49. The van der Waals surface area contributed by atoms with Crippen molar-refractivity contribution in [1.82, 2.24) is 0 Å². The Labute approximate surface area is 261 Å². The lowest BCUT2D eigenvalue weighted by molar-refractivity contribution is -0.0381. The van der Waals surface area contributed by atoms with Crippen LogP contribution in [0.2, 0.25) is 0 Å². The highest BCUT2D eigenvalue weighted by Gasteiger charge is 2.35. The zero-order valence-corrected chi connectivity index (χ0v) is 24.9. The minimum absolute atomic E-state index is 0.120. The third-order valence-electron chi connectivity index (χ3n) is 8.23. The van der Waals surface area contributed by atoms with E-state index in [4.69, 9.17) is 14.2 Å². The summed E-state index contributed by atoms with van der Waals surface area (Å²) in [6.07, 6.45) is 0.411. The molecule has 0 aliphatic heterocycles. The third kappa shape index (κ3) is 6.70. The molecular weight excluding hydrogens is 564 g/mol. The molecule has 0 aliphatic carbocycles. The molecule has 0 spiro atoms. The van der Waals surface area contributed by atoms with Crippen LogP contribution in [-0.4, -0.2) is 37.7 Å². The molecule has 6 nitrogen and oxygen atoms in total. The number of esters is 3. The van der Waals surface area contributed by atoms with Crippen LogP contribution in [0.5, 0.6) is 0 Å². The van der Waals surface area contributed by atoms with E-state index in [0.717, 1.165) is 32.3 Å². The summed E-state index contributed by atoms with van der Waals surface area (Å²) in [5.74, 6) is -1.54. The molecule has 0 bridgehead atoms. The molecule has 0 aliphatic rings. The number of hydrogen-bond acceptors (Lipinski definition) is 6. The Kier molecular flexibility index (Phi) is 8.56. The van der Waals surface area contributed by atoms with Gasteiger partial charge in [-0.25, -0.2) is 14.4 Å². The highest BCUT2D eigenvalue weighted by molar-refractivity contribution is 5.97. The van der Waals surface area contributed by atoms with E-state index in [2.05, 4.69) is 0 Å². The highest BCUT2D eigenvalue weighted by Crippen LogP contribution is 2.27. The van der Waals surface area contributed by atoms with Crippen LogP contribution in [0.25, 0.3) is 32.3 Å². The molecule has 0 amide bonds. The summed E-state index contributed by atoms with van der Waals surface area (Å²) in [4.78, 5) is 39.5. The third-order valence-corrected chi connectivity index (χ3v) is 8.23. The maximum absolute atomic E-state index is 13.2. The molecule has 0 heterocycles. The van der Waals surface area contributed by atoms with Gasteiger partial charge in [0.1, 0.15) is 19.8 Å². The zero-order valence-electron chi connectivity index (χ0n) is 24.9. The van der Waals surface area contributed by atoms with Crippen molar-refractivity contribution < 1.29 is 28.6 Å². The van der Waals surface area contributed by atoms with Crippen molar-refractivity contribution in [1.29, 1.82) is 0 Å². The van der Waals surface area contributed by atoms with Crippen LogP contribution < -0.4 is 0 Å². The van der Waals surface area contributed by atoms with Crippen molar-refractivity contribution in [3.05, 3.63) is 144 Å². The van der Waals surface area contributed by atoms with Gasteiger partial charge >= 0.3 is 17.9 Å². The fourth-order valence-electron chi connectivity index (χ4n) is 5.29. The van der Waals surface area contributed by atoms with Gasteiger partial charge in [0.15, 0.2) is 0 Å². The average molecular weight is 597 g/mol. The molecule has 0 aromatic heterocycles. The van der Waals surface area contributed by atoms with Crippen LogP contribution in [-0.2, 0) is 14.2 Å². The molecule has 0 fully saturated rings. The number of fused-ring (bicyclic) bond motifs is 3. The number of ether oxygens (including phenoxy) is 3. The van der Waals surface area contributed by atoms with Crippen LogP contribution in [0, 0.1) is 5.41 Å². The number of hydrogen-bond donors (Lipinski definition) is 0. The van der Waals surface area contributed by atoms with Crippen LogP contribution in [0.1, 0.15) is 44.4 Å². The van der Waals surface area contributed by atoms with E-state index in [1.807, 2.05) is 97.9 Å². The molecule has 0 unspecified atom stereocenters. The summed E-state index contributed by atoms with van der Waals surface area (Å²) < 4.78 is 17.4. The predicted octanol–water partition coefficient (Wildman–Crippen LogP) is 8.41. The second kappa shape index (κ2) is 13.0. The molecule has 0 atom stereocenters. The zero-order chi connectivity index (χ0) is 31.2. The van der Waals surface area contributed by atoms with E-state index in [9.17, 15) is 14.4 Å². The quantitative estimate of drug-likeness (QED) is 0.117. The summed E-state index contributed by atoms with van der Waals surface area (Å²) in [5.41, 5.74) is 0.228. The monoisotopic (exact) mass is 596 g/mol. The van der Waals surface area contributed by atoms with Crippen LogP contribution in [0.15, 0.2) is 127 Å². The first-order chi connectivity index (χ1) is 21.9. The molecule has 0 N–H and O–H groups in total. The van der Waals surface area contributed by atoms with Crippen molar-refractivity contribution in [3.8, 4) is 0 Å². The number of rotatable bonds is 10. The first-order valence-electron chi connectivity index (χ1n) is 14.9. The minimum Gasteiger partial charge on any atom is -0.461 e. The minimum atomic E-state index is -0.981. The number of carbonyl (C=O) groups is 3. The molecule has 0 radical (unpaired) electrons. The Morgan fingerprint density at radius 3 is 1.02 bits per heavy atom. The van der Waals surface area contributed by atoms with Crippen molar-refractivity contribution in [2.45, 2.75) is 13.3 Å². The van der Waals surface area contributed by atoms with E-state index in [1.54, 1.807) is 36.4 Å². The van der Waals surface area contributed by atoms with Gasteiger partial charge in [-0.2, -0.15) is 0 Å². The first kappa shape index (κ1) is 29.6. The second-order valence-electron chi connectivity index (χ2n) is 11.3. The average Bonchev–Trinajstić information content (AvgIpc) is 3.10. The molecular formula is C39H32O6. The molecule has 6 aromatic carbocycles. The summed E-state index contributed by atoms with van der Waals surface area (Å²) in [6, 6.07) is 39.4. The largest absolute Gasteiger partial charge is 0.461 e.